The predicted octanol–water partition coefficient (Wildman–Crippen LogP) is 8.06. The van der Waals surface area contributed by atoms with Gasteiger partial charge in [0, 0.05) is 22.7 Å². The monoisotopic (exact) mass is 489 g/mol. The number of nitrogens with one attached hydrogen (secondary N) is 1. The van der Waals surface area contributed by atoms with Crippen LogP contribution in [0.3, 0.4) is 0 Å². The van der Waals surface area contributed by atoms with Crippen LogP contribution in [0.4, 0.5) is 13.2 Å². The molecule has 0 unspecified atom stereocenters. The van der Waals surface area contributed by atoms with Crippen LogP contribution in [0.5, 0.6) is 0 Å². The summed E-state index contributed by atoms with van der Waals surface area (Å²) in [5, 5.41) is 9.66. The van der Waals surface area contributed by atoms with Crippen molar-refractivity contribution in [3.05, 3.63) is 99.7 Å². The zero-order chi connectivity index (χ0) is 23.8. The number of rotatable bonds is 5. The minimum Gasteiger partial charge on any atom is -0.378 e. The number of alkyl halides is 3. The number of allylic oxidation sites excluding steroid dienone is 1. The van der Waals surface area contributed by atoms with Crippen LogP contribution < -0.4 is 5.32 Å². The highest BCUT2D eigenvalue weighted by molar-refractivity contribution is 6.42. The maximum atomic E-state index is 13.1. The van der Waals surface area contributed by atoms with Crippen LogP contribution in [-0.4, -0.2) is 9.78 Å². The lowest BCUT2D eigenvalue weighted by Gasteiger charge is -2.20. The van der Waals surface area contributed by atoms with Gasteiger partial charge in [0.25, 0.3) is 0 Å². The van der Waals surface area contributed by atoms with Crippen LogP contribution in [0.15, 0.2) is 72.9 Å². The van der Waals surface area contributed by atoms with Crippen molar-refractivity contribution in [2.24, 2.45) is 0 Å². The average Bonchev–Trinajstić information content (AvgIpc) is 3.23. The Morgan fingerprint density at radius 2 is 1.79 bits per heavy atom. The summed E-state index contributed by atoms with van der Waals surface area (Å²) in [6.07, 6.45) is -0.730. The summed E-state index contributed by atoms with van der Waals surface area (Å²) in [7, 11) is 0. The summed E-state index contributed by atoms with van der Waals surface area (Å²) in [6, 6.07) is 16.1. The molecule has 0 saturated heterocycles. The first kappa shape index (κ1) is 23.2. The third-order valence-corrected chi connectivity index (χ3v) is 6.17. The molecule has 8 heteroatoms. The van der Waals surface area contributed by atoms with Crippen molar-refractivity contribution < 1.29 is 13.2 Å². The third-order valence-electron chi connectivity index (χ3n) is 5.43. The van der Waals surface area contributed by atoms with Gasteiger partial charge in [0.2, 0.25) is 0 Å². The Labute approximate surface area is 199 Å². The lowest BCUT2D eigenvalue weighted by atomic mass is 10.0. The number of fused-ring (bicyclic) bond motifs is 1. The lowest BCUT2D eigenvalue weighted by Crippen LogP contribution is -2.18. The maximum Gasteiger partial charge on any atom is 0.416 e. The summed E-state index contributed by atoms with van der Waals surface area (Å²) < 4.78 is 41.2. The minimum absolute atomic E-state index is 0.348. The molecule has 0 saturated carbocycles. The zero-order valence-corrected chi connectivity index (χ0v) is 19.3. The minimum atomic E-state index is -4.39. The van der Waals surface area contributed by atoms with Crippen LogP contribution in [0, 0.1) is 0 Å². The fourth-order valence-corrected chi connectivity index (χ4v) is 4.02. The Morgan fingerprint density at radius 1 is 1.03 bits per heavy atom. The van der Waals surface area contributed by atoms with Gasteiger partial charge in [-0.1, -0.05) is 53.5 Å². The molecule has 0 aliphatic carbocycles. The Kier molecular flexibility index (Phi) is 6.41. The highest BCUT2D eigenvalue weighted by Crippen LogP contribution is 2.32. The first-order valence-corrected chi connectivity index (χ1v) is 11.0. The molecular weight excluding hydrogens is 470 g/mol. The van der Waals surface area contributed by atoms with Gasteiger partial charge < -0.3 is 5.32 Å². The quantitative estimate of drug-likeness (QED) is 0.307. The largest absolute Gasteiger partial charge is 0.416 e. The van der Waals surface area contributed by atoms with E-state index in [4.69, 9.17) is 23.2 Å². The summed E-state index contributed by atoms with van der Waals surface area (Å²) in [5.74, 6) is 0. The van der Waals surface area contributed by atoms with Crippen molar-refractivity contribution in [3.63, 3.8) is 0 Å². The second-order valence-electron chi connectivity index (χ2n) is 7.58. The molecule has 0 spiro atoms. The van der Waals surface area contributed by atoms with E-state index in [0.29, 0.717) is 15.6 Å². The summed E-state index contributed by atoms with van der Waals surface area (Å²) in [6.45, 7) is 3.71. The molecule has 0 amide bonds. The molecule has 1 atom stereocenters. The van der Waals surface area contributed by atoms with Crippen molar-refractivity contribution in [2.75, 3.05) is 0 Å². The highest BCUT2D eigenvalue weighted by Gasteiger charge is 2.30. The molecular formula is C25H20Cl2F3N3. The fraction of sp³-hybridized carbons (Fsp3) is 0.160. The standard InChI is InChI=1S/C25H20Cl2F3N3/c1-3-23(32-15(2)16-6-4-7-17(12-16)25(28,29)30)19-8-5-9-24-20(19)14-31-33(24)18-10-11-21(26)22(27)13-18/h3-15,32H,1-2H3/b23-3-/t15-/m0/s1. The molecule has 4 aromatic rings. The second kappa shape index (κ2) is 9.12. The van der Waals surface area contributed by atoms with Gasteiger partial charge in [-0.15, -0.1) is 0 Å². The van der Waals surface area contributed by atoms with Gasteiger partial charge in [-0.2, -0.15) is 18.3 Å². The van der Waals surface area contributed by atoms with E-state index in [9.17, 15) is 13.2 Å². The Balaban J connectivity index is 1.68. The van der Waals surface area contributed by atoms with Crippen LogP contribution in [0.25, 0.3) is 22.3 Å². The van der Waals surface area contributed by atoms with Crippen LogP contribution in [0.2, 0.25) is 10.0 Å². The molecule has 0 radical (unpaired) electrons. The van der Waals surface area contributed by atoms with Crippen LogP contribution >= 0.6 is 23.2 Å². The van der Waals surface area contributed by atoms with E-state index >= 15 is 0 Å². The van der Waals surface area contributed by atoms with Gasteiger partial charge in [0.15, 0.2) is 0 Å². The number of hydrogen-bond acceptors (Lipinski definition) is 2. The molecule has 3 aromatic carbocycles. The number of halogens is 5. The van der Waals surface area contributed by atoms with E-state index in [-0.39, 0.29) is 6.04 Å². The first-order chi connectivity index (χ1) is 15.7. The number of benzene rings is 3. The van der Waals surface area contributed by atoms with Crippen LogP contribution in [-0.2, 0) is 6.18 Å². The van der Waals surface area contributed by atoms with Crippen molar-refractivity contribution in [1.82, 2.24) is 15.1 Å². The van der Waals surface area contributed by atoms with Crippen molar-refractivity contribution in [3.8, 4) is 5.69 Å². The SMILES string of the molecule is C/C=C(\N[C@@H](C)c1cccc(C(F)(F)F)c1)c1cccc2c1cnn2-c1ccc(Cl)c(Cl)c1. The van der Waals surface area contributed by atoms with E-state index in [1.54, 1.807) is 29.1 Å². The summed E-state index contributed by atoms with van der Waals surface area (Å²) in [4.78, 5) is 0. The van der Waals surface area contributed by atoms with Gasteiger partial charge >= 0.3 is 6.18 Å². The van der Waals surface area contributed by atoms with Crippen molar-refractivity contribution >= 4 is 39.8 Å². The topological polar surface area (TPSA) is 29.9 Å². The maximum absolute atomic E-state index is 13.1. The third kappa shape index (κ3) is 4.72. The lowest BCUT2D eigenvalue weighted by molar-refractivity contribution is -0.137. The van der Waals surface area contributed by atoms with Gasteiger partial charge in [0.05, 0.1) is 33.0 Å². The highest BCUT2D eigenvalue weighted by atomic mass is 35.5. The molecule has 3 nitrogen and oxygen atoms in total. The molecule has 33 heavy (non-hydrogen) atoms. The molecule has 0 aliphatic heterocycles. The zero-order valence-electron chi connectivity index (χ0n) is 17.8. The second-order valence-corrected chi connectivity index (χ2v) is 8.40. The number of aromatic nitrogens is 2. The number of hydrogen-bond donors (Lipinski definition) is 1. The van der Waals surface area contributed by atoms with Gasteiger partial charge in [-0.05, 0) is 55.8 Å². The Hall–Kier alpha value is -2.96. The molecule has 0 aliphatic rings. The van der Waals surface area contributed by atoms with Crippen molar-refractivity contribution in [1.29, 1.82) is 0 Å². The van der Waals surface area contributed by atoms with Gasteiger partial charge in [-0.25, -0.2) is 4.68 Å². The van der Waals surface area contributed by atoms with Gasteiger partial charge in [-0.3, -0.25) is 0 Å². The van der Waals surface area contributed by atoms with Crippen LogP contribution in [0.1, 0.15) is 36.6 Å². The molecule has 170 valence electrons. The van der Waals surface area contributed by atoms with E-state index in [1.807, 2.05) is 44.2 Å². The van der Waals surface area contributed by atoms with Crippen molar-refractivity contribution in [2.45, 2.75) is 26.1 Å². The Bertz CT molecular complexity index is 1340. The Morgan fingerprint density at radius 3 is 2.48 bits per heavy atom. The predicted molar refractivity (Wildman–Crippen MR) is 128 cm³/mol. The van der Waals surface area contributed by atoms with E-state index in [0.717, 1.165) is 33.9 Å². The smallest absolute Gasteiger partial charge is 0.378 e. The van der Waals surface area contributed by atoms with Gasteiger partial charge in [0.1, 0.15) is 0 Å². The number of nitrogens with zero attached hydrogens (tertiary/aromatic N) is 2. The molecule has 1 aromatic heterocycles. The molecule has 4 rings (SSSR count). The molecule has 1 heterocycles. The van der Waals surface area contributed by atoms with E-state index in [1.165, 1.54) is 12.1 Å². The average molecular weight is 490 g/mol. The summed E-state index contributed by atoms with van der Waals surface area (Å²) in [5.41, 5.74) is 3.19. The fourth-order valence-electron chi connectivity index (χ4n) is 3.73. The summed E-state index contributed by atoms with van der Waals surface area (Å²) >= 11 is 12.2. The molecule has 0 bridgehead atoms. The normalized spacial score (nSPS) is 13.4. The van der Waals surface area contributed by atoms with E-state index in [2.05, 4.69) is 10.4 Å². The first-order valence-electron chi connectivity index (χ1n) is 10.2. The molecule has 1 N–H and O–H groups in total. The molecule has 0 fully saturated rings. The van der Waals surface area contributed by atoms with E-state index < -0.39 is 11.7 Å².